The molecule has 102 valence electrons. The molecule has 0 aliphatic carbocycles. The fourth-order valence-electron chi connectivity index (χ4n) is 2.32. The number of benzene rings is 2. The molecular formula is C16H15NO3. The molecule has 4 heteroatoms. The standard InChI is InChI=1S/C16H15NO3/c1-17-12(9-11-5-4-7-14(19)16(11)17)10-20-15-8-3-2-6-13(15)18/h2-9,18-19H,10H2,1H3. The van der Waals surface area contributed by atoms with Gasteiger partial charge in [0.05, 0.1) is 11.2 Å². The summed E-state index contributed by atoms with van der Waals surface area (Å²) in [6, 6.07) is 14.2. The third kappa shape index (κ3) is 2.05. The van der Waals surface area contributed by atoms with Gasteiger partial charge in [0.25, 0.3) is 0 Å². The lowest BCUT2D eigenvalue weighted by atomic mass is 10.2. The van der Waals surface area contributed by atoms with Crippen LogP contribution in [0.1, 0.15) is 5.69 Å². The molecule has 0 aliphatic heterocycles. The number of nitrogens with zero attached hydrogens (tertiary/aromatic N) is 1. The number of rotatable bonds is 3. The lowest BCUT2D eigenvalue weighted by Crippen LogP contribution is -2.01. The van der Waals surface area contributed by atoms with E-state index in [0.717, 1.165) is 16.6 Å². The van der Waals surface area contributed by atoms with Gasteiger partial charge in [-0.25, -0.2) is 0 Å². The van der Waals surface area contributed by atoms with Crippen LogP contribution in [0.4, 0.5) is 0 Å². The maximum atomic E-state index is 9.89. The van der Waals surface area contributed by atoms with Crippen LogP contribution in [0.5, 0.6) is 17.2 Å². The zero-order chi connectivity index (χ0) is 14.1. The van der Waals surface area contributed by atoms with Gasteiger partial charge in [0, 0.05) is 12.4 Å². The Balaban J connectivity index is 1.90. The zero-order valence-corrected chi connectivity index (χ0v) is 11.1. The quantitative estimate of drug-likeness (QED) is 0.768. The summed E-state index contributed by atoms with van der Waals surface area (Å²) in [7, 11) is 1.88. The minimum atomic E-state index is 0.120. The van der Waals surface area contributed by atoms with Gasteiger partial charge in [-0.15, -0.1) is 0 Å². The first-order valence-electron chi connectivity index (χ1n) is 6.34. The third-order valence-electron chi connectivity index (χ3n) is 3.38. The molecule has 0 atom stereocenters. The van der Waals surface area contributed by atoms with Gasteiger partial charge in [0.15, 0.2) is 11.5 Å². The normalized spacial score (nSPS) is 10.8. The highest BCUT2D eigenvalue weighted by Gasteiger charge is 2.10. The molecule has 0 unspecified atom stereocenters. The molecule has 0 saturated heterocycles. The van der Waals surface area contributed by atoms with Gasteiger partial charge < -0.3 is 19.5 Å². The Morgan fingerprint density at radius 2 is 1.75 bits per heavy atom. The van der Waals surface area contributed by atoms with Gasteiger partial charge >= 0.3 is 0 Å². The average Bonchev–Trinajstić information content (AvgIpc) is 2.76. The number of fused-ring (bicyclic) bond motifs is 1. The molecule has 20 heavy (non-hydrogen) atoms. The number of hydrogen-bond donors (Lipinski definition) is 2. The fraction of sp³-hybridized carbons (Fsp3) is 0.125. The van der Waals surface area contributed by atoms with Crippen molar-refractivity contribution < 1.29 is 14.9 Å². The smallest absolute Gasteiger partial charge is 0.161 e. The summed E-state index contributed by atoms with van der Waals surface area (Å²) in [5, 5.41) is 20.5. The lowest BCUT2D eigenvalue weighted by Gasteiger charge is -2.09. The van der Waals surface area contributed by atoms with Crippen LogP contribution in [-0.2, 0) is 13.7 Å². The van der Waals surface area contributed by atoms with Crippen LogP contribution in [0.3, 0.4) is 0 Å². The molecule has 2 aromatic carbocycles. The van der Waals surface area contributed by atoms with Crippen LogP contribution < -0.4 is 4.74 Å². The Morgan fingerprint density at radius 3 is 2.50 bits per heavy atom. The molecule has 3 aromatic rings. The van der Waals surface area contributed by atoms with Crippen molar-refractivity contribution in [2.75, 3.05) is 0 Å². The van der Waals surface area contributed by atoms with E-state index < -0.39 is 0 Å². The molecular weight excluding hydrogens is 254 g/mol. The molecule has 4 nitrogen and oxygen atoms in total. The van der Waals surface area contributed by atoms with E-state index in [1.165, 1.54) is 0 Å². The van der Waals surface area contributed by atoms with Crippen molar-refractivity contribution in [3.63, 3.8) is 0 Å². The third-order valence-corrected chi connectivity index (χ3v) is 3.38. The molecule has 1 aromatic heterocycles. The predicted molar refractivity (Wildman–Crippen MR) is 77.0 cm³/mol. The molecule has 1 heterocycles. The molecule has 0 amide bonds. The van der Waals surface area contributed by atoms with Gasteiger partial charge in [-0.3, -0.25) is 0 Å². The topological polar surface area (TPSA) is 54.6 Å². The minimum Gasteiger partial charge on any atom is -0.506 e. The van der Waals surface area contributed by atoms with Crippen molar-refractivity contribution in [2.24, 2.45) is 7.05 Å². The van der Waals surface area contributed by atoms with Crippen molar-refractivity contribution in [1.82, 2.24) is 4.57 Å². The van der Waals surface area contributed by atoms with Crippen molar-refractivity contribution in [3.05, 3.63) is 54.2 Å². The van der Waals surface area contributed by atoms with Crippen LogP contribution in [0.25, 0.3) is 10.9 Å². The number of hydrogen-bond acceptors (Lipinski definition) is 3. The second-order valence-electron chi connectivity index (χ2n) is 4.67. The molecule has 0 saturated carbocycles. The Bertz CT molecular complexity index is 762. The van der Waals surface area contributed by atoms with E-state index in [1.54, 1.807) is 24.3 Å². The summed E-state index contributed by atoms with van der Waals surface area (Å²) >= 11 is 0. The second kappa shape index (κ2) is 4.81. The largest absolute Gasteiger partial charge is 0.506 e. The van der Waals surface area contributed by atoms with Crippen molar-refractivity contribution in [2.45, 2.75) is 6.61 Å². The fourth-order valence-corrected chi connectivity index (χ4v) is 2.32. The first-order valence-corrected chi connectivity index (χ1v) is 6.34. The second-order valence-corrected chi connectivity index (χ2v) is 4.67. The van der Waals surface area contributed by atoms with Gasteiger partial charge in [0.1, 0.15) is 12.4 Å². The van der Waals surface area contributed by atoms with E-state index in [0.29, 0.717) is 12.4 Å². The monoisotopic (exact) mass is 269 g/mol. The highest BCUT2D eigenvalue weighted by atomic mass is 16.5. The summed E-state index contributed by atoms with van der Waals surface area (Å²) in [6.07, 6.45) is 0. The molecule has 3 rings (SSSR count). The van der Waals surface area contributed by atoms with Gasteiger partial charge in [-0.1, -0.05) is 24.3 Å². The van der Waals surface area contributed by atoms with Crippen LogP contribution >= 0.6 is 0 Å². The molecule has 0 bridgehead atoms. The molecule has 0 aliphatic rings. The number of aromatic hydroxyl groups is 2. The van der Waals surface area contributed by atoms with Crippen LogP contribution in [0.15, 0.2) is 48.5 Å². The predicted octanol–water partition coefficient (Wildman–Crippen LogP) is 3.17. The van der Waals surface area contributed by atoms with Gasteiger partial charge in [0.2, 0.25) is 0 Å². The summed E-state index contributed by atoms with van der Waals surface area (Å²) in [4.78, 5) is 0. The van der Waals surface area contributed by atoms with Crippen LogP contribution in [0, 0.1) is 0 Å². The number of ether oxygens (including phenoxy) is 1. The summed E-state index contributed by atoms with van der Waals surface area (Å²) < 4.78 is 7.51. The van der Waals surface area contributed by atoms with E-state index in [1.807, 2.05) is 35.9 Å². The molecule has 0 fully saturated rings. The van der Waals surface area contributed by atoms with E-state index in [2.05, 4.69) is 0 Å². The molecule has 2 N–H and O–H groups in total. The van der Waals surface area contributed by atoms with E-state index in [4.69, 9.17) is 4.74 Å². The zero-order valence-electron chi connectivity index (χ0n) is 11.1. The Labute approximate surface area is 116 Å². The van der Waals surface area contributed by atoms with E-state index in [-0.39, 0.29) is 11.5 Å². The van der Waals surface area contributed by atoms with Gasteiger partial charge in [-0.05, 0) is 24.3 Å². The van der Waals surface area contributed by atoms with Crippen LogP contribution in [0.2, 0.25) is 0 Å². The molecule has 0 radical (unpaired) electrons. The Kier molecular flexibility index (Phi) is 2.99. The van der Waals surface area contributed by atoms with Gasteiger partial charge in [-0.2, -0.15) is 0 Å². The highest BCUT2D eigenvalue weighted by Crippen LogP contribution is 2.29. The van der Waals surface area contributed by atoms with Crippen molar-refractivity contribution in [3.8, 4) is 17.2 Å². The first kappa shape index (κ1) is 12.4. The Morgan fingerprint density at radius 1 is 1.00 bits per heavy atom. The number of phenols is 2. The maximum Gasteiger partial charge on any atom is 0.161 e. The summed E-state index contributed by atoms with van der Waals surface area (Å²) in [5.41, 5.74) is 1.70. The number of phenolic OH excluding ortho intramolecular Hbond substituents is 2. The number of para-hydroxylation sites is 3. The van der Waals surface area contributed by atoms with E-state index in [9.17, 15) is 10.2 Å². The average molecular weight is 269 g/mol. The Hall–Kier alpha value is -2.62. The van der Waals surface area contributed by atoms with Crippen molar-refractivity contribution >= 4 is 10.9 Å². The number of aromatic nitrogens is 1. The first-order chi connectivity index (χ1) is 9.66. The summed E-state index contributed by atoms with van der Waals surface area (Å²) in [6.45, 7) is 0.322. The summed E-state index contributed by atoms with van der Waals surface area (Å²) in [5.74, 6) is 0.815. The van der Waals surface area contributed by atoms with Crippen molar-refractivity contribution in [1.29, 1.82) is 0 Å². The van der Waals surface area contributed by atoms with Crippen LogP contribution in [-0.4, -0.2) is 14.8 Å². The SMILES string of the molecule is Cn1c(COc2ccccc2O)cc2cccc(O)c21. The lowest BCUT2D eigenvalue weighted by molar-refractivity contribution is 0.282. The highest BCUT2D eigenvalue weighted by molar-refractivity contribution is 5.86. The number of aryl methyl sites for hydroxylation is 1. The maximum absolute atomic E-state index is 9.89. The molecule has 0 spiro atoms. The minimum absolute atomic E-state index is 0.120. The van der Waals surface area contributed by atoms with E-state index >= 15 is 0 Å².